The molecule has 6 heteroatoms. The normalized spacial score (nSPS) is 10.2. The van der Waals surface area contributed by atoms with Crippen LogP contribution in [-0.2, 0) is 9.53 Å². The van der Waals surface area contributed by atoms with E-state index in [1.54, 1.807) is 19.1 Å². The third kappa shape index (κ3) is 3.03. The highest BCUT2D eigenvalue weighted by Gasteiger charge is 2.20. The lowest BCUT2D eigenvalue weighted by atomic mass is 10.2. The standard InChI is InChI=1S/C13H10FNO3S/c1-2-18-13(17)11(16)10-7-15-12(19-10)8-3-5-9(14)6-4-8/h3-7H,2H2,1H3. The van der Waals surface area contributed by atoms with Crippen LogP contribution < -0.4 is 0 Å². The first-order valence-corrected chi connectivity index (χ1v) is 6.36. The van der Waals surface area contributed by atoms with Gasteiger partial charge < -0.3 is 4.74 Å². The van der Waals surface area contributed by atoms with Gasteiger partial charge >= 0.3 is 5.97 Å². The van der Waals surface area contributed by atoms with Crippen molar-refractivity contribution in [1.29, 1.82) is 0 Å². The van der Waals surface area contributed by atoms with Crippen molar-refractivity contribution in [1.82, 2.24) is 4.98 Å². The Hall–Kier alpha value is -2.08. The second-order valence-corrected chi connectivity index (χ2v) is 4.62. The fourth-order valence-electron chi connectivity index (χ4n) is 1.40. The first-order chi connectivity index (χ1) is 9.11. The highest BCUT2D eigenvalue weighted by atomic mass is 32.1. The smallest absolute Gasteiger partial charge is 0.380 e. The van der Waals surface area contributed by atoms with Crippen molar-refractivity contribution in [3.63, 3.8) is 0 Å². The first-order valence-electron chi connectivity index (χ1n) is 5.55. The van der Waals surface area contributed by atoms with Gasteiger partial charge in [-0.3, -0.25) is 4.79 Å². The van der Waals surface area contributed by atoms with Crippen LogP contribution in [0.25, 0.3) is 10.6 Å². The molecule has 0 atom stereocenters. The summed E-state index contributed by atoms with van der Waals surface area (Å²) in [5.74, 6) is -1.95. The van der Waals surface area contributed by atoms with Crippen molar-refractivity contribution >= 4 is 23.1 Å². The summed E-state index contributed by atoms with van der Waals surface area (Å²) in [6.45, 7) is 1.77. The fraction of sp³-hybridized carbons (Fsp3) is 0.154. The minimum Gasteiger partial charge on any atom is -0.460 e. The summed E-state index contributed by atoms with van der Waals surface area (Å²) < 4.78 is 17.4. The number of benzene rings is 1. The zero-order valence-electron chi connectivity index (χ0n) is 10.1. The van der Waals surface area contributed by atoms with Gasteiger partial charge in [-0.1, -0.05) is 0 Å². The van der Waals surface area contributed by atoms with Gasteiger partial charge in [0.15, 0.2) is 0 Å². The van der Waals surface area contributed by atoms with Gasteiger partial charge in [0, 0.05) is 5.56 Å². The lowest BCUT2D eigenvalue weighted by Gasteiger charge is -1.97. The molecule has 19 heavy (non-hydrogen) atoms. The van der Waals surface area contributed by atoms with E-state index in [1.165, 1.54) is 18.3 Å². The monoisotopic (exact) mass is 279 g/mol. The predicted octanol–water partition coefficient (Wildman–Crippen LogP) is 2.70. The van der Waals surface area contributed by atoms with Crippen LogP contribution in [0.4, 0.5) is 4.39 Å². The third-order valence-corrected chi connectivity index (χ3v) is 3.33. The Labute approximate surface area is 112 Å². The molecule has 98 valence electrons. The summed E-state index contributed by atoms with van der Waals surface area (Å²) in [4.78, 5) is 27.2. The maximum absolute atomic E-state index is 12.8. The van der Waals surface area contributed by atoms with Crippen LogP contribution in [0, 0.1) is 5.82 Å². The van der Waals surface area contributed by atoms with Crippen LogP contribution in [0.1, 0.15) is 16.6 Å². The molecule has 2 rings (SSSR count). The van der Waals surface area contributed by atoms with Gasteiger partial charge in [0.05, 0.1) is 12.8 Å². The van der Waals surface area contributed by atoms with Crippen molar-refractivity contribution < 1.29 is 18.7 Å². The van der Waals surface area contributed by atoms with Gasteiger partial charge in [0.2, 0.25) is 0 Å². The number of rotatable bonds is 4. The number of esters is 1. The van der Waals surface area contributed by atoms with Crippen molar-refractivity contribution in [2.45, 2.75) is 6.92 Å². The molecule has 1 aromatic heterocycles. The molecule has 0 aliphatic rings. The largest absolute Gasteiger partial charge is 0.460 e. The highest BCUT2D eigenvalue weighted by Crippen LogP contribution is 2.25. The van der Waals surface area contributed by atoms with Crippen LogP contribution >= 0.6 is 11.3 Å². The number of nitrogens with zero attached hydrogens (tertiary/aromatic N) is 1. The summed E-state index contributed by atoms with van der Waals surface area (Å²) in [5.41, 5.74) is 0.689. The maximum Gasteiger partial charge on any atom is 0.380 e. The molecule has 0 bridgehead atoms. The Morgan fingerprint density at radius 1 is 1.32 bits per heavy atom. The molecule has 1 heterocycles. The number of aromatic nitrogens is 1. The van der Waals surface area contributed by atoms with Crippen molar-refractivity contribution in [2.75, 3.05) is 6.61 Å². The zero-order chi connectivity index (χ0) is 13.8. The second-order valence-electron chi connectivity index (χ2n) is 3.59. The van der Waals surface area contributed by atoms with E-state index in [1.807, 2.05) is 0 Å². The van der Waals surface area contributed by atoms with Gasteiger partial charge in [-0.15, -0.1) is 11.3 Å². The maximum atomic E-state index is 12.8. The zero-order valence-corrected chi connectivity index (χ0v) is 10.9. The Kier molecular flexibility index (Phi) is 4.01. The number of Topliss-reactive ketones (excluding diaryl/α,β-unsaturated/α-hetero) is 1. The Morgan fingerprint density at radius 2 is 2.00 bits per heavy atom. The predicted molar refractivity (Wildman–Crippen MR) is 68.5 cm³/mol. The lowest BCUT2D eigenvalue weighted by Crippen LogP contribution is -2.16. The highest BCUT2D eigenvalue weighted by molar-refractivity contribution is 7.17. The fourth-order valence-corrected chi connectivity index (χ4v) is 2.25. The van der Waals surface area contributed by atoms with Gasteiger partial charge in [-0.25, -0.2) is 14.2 Å². The summed E-state index contributed by atoms with van der Waals surface area (Å²) in [6.07, 6.45) is 1.32. The minimum atomic E-state index is -0.892. The van der Waals surface area contributed by atoms with Gasteiger partial charge in [-0.2, -0.15) is 0 Å². The van der Waals surface area contributed by atoms with E-state index in [4.69, 9.17) is 0 Å². The molecule has 4 nitrogen and oxygen atoms in total. The third-order valence-electron chi connectivity index (χ3n) is 2.28. The van der Waals surface area contributed by atoms with E-state index in [0.717, 1.165) is 11.3 Å². The first kappa shape index (κ1) is 13.4. The summed E-state index contributed by atoms with van der Waals surface area (Å²) in [5, 5.41) is 0.549. The number of halogens is 1. The van der Waals surface area contributed by atoms with Crippen molar-refractivity contribution in [3.05, 3.63) is 41.2 Å². The van der Waals surface area contributed by atoms with Gasteiger partial charge in [0.1, 0.15) is 15.7 Å². The molecular formula is C13H10FNO3S. The quantitative estimate of drug-likeness (QED) is 0.490. The van der Waals surface area contributed by atoms with Crippen molar-refractivity contribution in [3.8, 4) is 10.6 Å². The van der Waals surface area contributed by atoms with Crippen LogP contribution in [-0.4, -0.2) is 23.3 Å². The number of carbonyl (C=O) groups is 2. The molecular weight excluding hydrogens is 269 g/mol. The summed E-state index contributed by atoms with van der Waals surface area (Å²) in [6, 6.07) is 5.74. The molecule has 0 saturated heterocycles. The SMILES string of the molecule is CCOC(=O)C(=O)c1cnc(-c2ccc(F)cc2)s1. The Balaban J connectivity index is 2.21. The average Bonchev–Trinajstić information content (AvgIpc) is 2.88. The topological polar surface area (TPSA) is 56.3 Å². The average molecular weight is 279 g/mol. The molecule has 1 aromatic carbocycles. The molecule has 0 fully saturated rings. The molecule has 0 saturated carbocycles. The second kappa shape index (κ2) is 5.71. The molecule has 0 spiro atoms. The van der Waals surface area contributed by atoms with Crippen LogP contribution in [0.5, 0.6) is 0 Å². The van der Waals surface area contributed by atoms with Crippen molar-refractivity contribution in [2.24, 2.45) is 0 Å². The van der Waals surface area contributed by atoms with E-state index in [-0.39, 0.29) is 17.3 Å². The van der Waals surface area contributed by atoms with E-state index >= 15 is 0 Å². The number of ether oxygens (including phenoxy) is 1. The summed E-state index contributed by atoms with van der Waals surface area (Å²) >= 11 is 1.07. The van der Waals surface area contributed by atoms with Crippen LogP contribution in [0.2, 0.25) is 0 Å². The molecule has 0 aliphatic carbocycles. The van der Waals surface area contributed by atoms with E-state index in [9.17, 15) is 14.0 Å². The molecule has 0 radical (unpaired) electrons. The molecule has 2 aromatic rings. The number of thiazole rings is 1. The van der Waals surface area contributed by atoms with Crippen LogP contribution in [0.15, 0.2) is 30.5 Å². The lowest BCUT2D eigenvalue weighted by molar-refractivity contribution is -0.137. The van der Waals surface area contributed by atoms with E-state index in [0.29, 0.717) is 10.6 Å². The summed E-state index contributed by atoms with van der Waals surface area (Å²) in [7, 11) is 0. The van der Waals surface area contributed by atoms with E-state index < -0.39 is 11.8 Å². The van der Waals surface area contributed by atoms with E-state index in [2.05, 4.69) is 9.72 Å². The van der Waals surface area contributed by atoms with Gasteiger partial charge in [0.25, 0.3) is 5.78 Å². The van der Waals surface area contributed by atoms with Crippen LogP contribution in [0.3, 0.4) is 0 Å². The molecule has 0 N–H and O–H groups in total. The Bertz CT molecular complexity index is 607. The Morgan fingerprint density at radius 3 is 2.63 bits per heavy atom. The number of hydrogen-bond acceptors (Lipinski definition) is 5. The molecule has 0 amide bonds. The molecule has 0 aliphatic heterocycles. The number of hydrogen-bond donors (Lipinski definition) is 0. The molecule has 0 unspecified atom stereocenters. The number of carbonyl (C=O) groups excluding carboxylic acids is 2. The minimum absolute atomic E-state index is 0.147. The van der Waals surface area contributed by atoms with Gasteiger partial charge in [-0.05, 0) is 31.2 Å². The number of ketones is 1.